The lowest BCUT2D eigenvalue weighted by atomic mass is 9.82. The van der Waals surface area contributed by atoms with Gasteiger partial charge in [-0.25, -0.2) is 22.5 Å². The highest BCUT2D eigenvalue weighted by Gasteiger charge is 2.52. The minimum absolute atomic E-state index is 0.0225. The predicted molar refractivity (Wildman–Crippen MR) is 132 cm³/mol. The molecule has 0 spiro atoms. The topological polar surface area (TPSA) is 134 Å². The van der Waals surface area contributed by atoms with Gasteiger partial charge in [-0.1, -0.05) is 24.3 Å². The molecule has 2 fully saturated rings. The number of benzene rings is 2. The van der Waals surface area contributed by atoms with Crippen molar-refractivity contribution in [3.8, 4) is 11.1 Å². The number of nitrogens with one attached hydrogen (secondary N) is 2. The summed E-state index contributed by atoms with van der Waals surface area (Å²) < 4.78 is 88.5. The van der Waals surface area contributed by atoms with E-state index < -0.39 is 57.1 Å². The Morgan fingerprint density at radius 2 is 1.82 bits per heavy atom. The second kappa shape index (κ2) is 11.2. The van der Waals surface area contributed by atoms with E-state index in [4.69, 9.17) is 9.89 Å². The Balaban J connectivity index is 0.000000520. The zero-order valence-electron chi connectivity index (χ0n) is 21.1. The Bertz CT molecular complexity index is 1300. The Morgan fingerprint density at radius 1 is 1.18 bits per heavy atom. The highest BCUT2D eigenvalue weighted by molar-refractivity contribution is 7.91. The van der Waals surface area contributed by atoms with Gasteiger partial charge < -0.3 is 20.1 Å². The van der Waals surface area contributed by atoms with Crippen LogP contribution in [-0.2, 0) is 21.1 Å². The van der Waals surface area contributed by atoms with Crippen LogP contribution < -0.4 is 4.72 Å². The smallest absolute Gasteiger partial charge is 0.382 e. The monoisotopic (exact) mass is 579 g/mol. The van der Waals surface area contributed by atoms with Crippen molar-refractivity contribution >= 4 is 16.2 Å². The van der Waals surface area contributed by atoms with E-state index in [1.165, 1.54) is 31.3 Å². The van der Waals surface area contributed by atoms with Gasteiger partial charge in [0.2, 0.25) is 15.8 Å². The van der Waals surface area contributed by atoms with Crippen LogP contribution >= 0.6 is 0 Å². The minimum Gasteiger partial charge on any atom is -0.382 e. The first kappa shape index (κ1) is 31.0. The van der Waals surface area contributed by atoms with E-state index in [9.17, 15) is 36.8 Å². The fourth-order valence-corrected chi connectivity index (χ4v) is 5.32. The average molecular weight is 580 g/mol. The van der Waals surface area contributed by atoms with Crippen molar-refractivity contribution in [2.45, 2.75) is 68.1 Å². The number of aliphatic hydroxyl groups is 3. The fourth-order valence-electron chi connectivity index (χ4n) is 4.52. The van der Waals surface area contributed by atoms with Crippen molar-refractivity contribution in [1.29, 1.82) is 4.78 Å². The molecule has 2 aromatic carbocycles. The molecular formula is C25H30F5N3O5S. The molecule has 1 aliphatic carbocycles. The van der Waals surface area contributed by atoms with Crippen molar-refractivity contribution in [2.75, 3.05) is 7.05 Å². The van der Waals surface area contributed by atoms with Gasteiger partial charge in [0.15, 0.2) is 6.29 Å². The maximum Gasteiger partial charge on any atom is 0.492 e. The summed E-state index contributed by atoms with van der Waals surface area (Å²) in [5.74, 6) is -3.87. The second-order valence-electron chi connectivity index (χ2n) is 9.96. The summed E-state index contributed by atoms with van der Waals surface area (Å²) in [4.78, 5) is 10.8. The molecule has 1 heterocycles. The number of likely N-dealkylation sites (tertiary alicyclic amines) is 1. The number of aldehydes is 1. The SMILES string of the molecule is Cc1cc(F)cc(-c2cccc(CC3C(NS(=N)(=O)C(F)(F)F)CC(O)(O)N3C)c2F)c1.O=CC1(O)CCC1. The number of halogens is 5. The Labute approximate surface area is 222 Å². The first-order valence-electron chi connectivity index (χ1n) is 11.9. The van der Waals surface area contributed by atoms with Gasteiger partial charge in [-0.3, -0.25) is 4.90 Å². The zero-order chi connectivity index (χ0) is 29.4. The Hall–Kier alpha value is -2.49. The van der Waals surface area contributed by atoms with Crippen LogP contribution in [0.4, 0.5) is 22.0 Å². The molecule has 1 saturated carbocycles. The maximum atomic E-state index is 15.3. The number of carbonyl (C=O) groups is 1. The maximum absolute atomic E-state index is 15.3. The van der Waals surface area contributed by atoms with Crippen molar-refractivity contribution < 1.29 is 46.3 Å². The first-order chi connectivity index (χ1) is 17.9. The largest absolute Gasteiger partial charge is 0.492 e. The number of hydrogen-bond acceptors (Lipinski definition) is 7. The molecule has 0 amide bonds. The molecular weight excluding hydrogens is 549 g/mol. The molecule has 3 atom stereocenters. The molecule has 14 heteroatoms. The third-order valence-electron chi connectivity index (χ3n) is 6.96. The lowest BCUT2D eigenvalue weighted by Gasteiger charge is -2.30. The number of likely N-dealkylation sites (N-methyl/N-ethyl adjacent to an activating group) is 1. The lowest BCUT2D eigenvalue weighted by Crippen LogP contribution is -2.49. The van der Waals surface area contributed by atoms with E-state index in [1.54, 1.807) is 17.7 Å². The second-order valence-corrected chi connectivity index (χ2v) is 11.8. The minimum atomic E-state index is -5.38. The van der Waals surface area contributed by atoms with Gasteiger partial charge in [0.25, 0.3) is 0 Å². The highest BCUT2D eigenvalue weighted by atomic mass is 32.2. The number of nitrogens with zero attached hydrogens (tertiary/aromatic N) is 1. The third kappa shape index (κ3) is 6.99. The van der Waals surface area contributed by atoms with Crippen LogP contribution in [0, 0.1) is 23.3 Å². The van der Waals surface area contributed by atoms with E-state index in [-0.39, 0.29) is 23.1 Å². The van der Waals surface area contributed by atoms with Crippen LogP contribution in [0.5, 0.6) is 0 Å². The standard InChI is InChI=1S/C20H22F5N3O3S.C5H8O2/c1-11-6-13(8-14(21)7-11)15-5-3-4-12(18(15)22)9-17-16(10-19(29,30)28(17)2)27-32(26,31)20(23,24)25;6-4-5(7)2-1-3-5/h3-8,16-17,29-30H,9-10H2,1-2H3,(H2,26,27,31);4,7H,1-3H2. The van der Waals surface area contributed by atoms with Crippen LogP contribution in [0.2, 0.25) is 0 Å². The fraction of sp³-hybridized carbons (Fsp3) is 0.480. The van der Waals surface area contributed by atoms with Gasteiger partial charge in [0.05, 0.1) is 0 Å². The molecule has 1 aliphatic heterocycles. The van der Waals surface area contributed by atoms with Crippen molar-refractivity contribution in [3.05, 3.63) is 59.2 Å². The zero-order valence-corrected chi connectivity index (χ0v) is 22.0. The molecule has 8 nitrogen and oxygen atoms in total. The lowest BCUT2D eigenvalue weighted by molar-refractivity contribution is -0.243. The van der Waals surface area contributed by atoms with Gasteiger partial charge >= 0.3 is 5.51 Å². The molecule has 3 unspecified atom stereocenters. The van der Waals surface area contributed by atoms with Crippen LogP contribution in [0.1, 0.15) is 36.8 Å². The summed E-state index contributed by atoms with van der Waals surface area (Å²) in [5, 5.41) is 29.1. The third-order valence-corrected chi connectivity index (χ3v) is 8.25. The molecule has 5 N–H and O–H groups in total. The van der Waals surface area contributed by atoms with Crippen LogP contribution in [0.15, 0.2) is 36.4 Å². The van der Waals surface area contributed by atoms with Gasteiger partial charge in [0.1, 0.15) is 17.2 Å². The van der Waals surface area contributed by atoms with Gasteiger partial charge in [-0.15, -0.1) is 0 Å². The van der Waals surface area contributed by atoms with E-state index in [0.717, 1.165) is 17.4 Å². The normalized spacial score (nSPS) is 23.7. The number of rotatable bonds is 6. The van der Waals surface area contributed by atoms with Gasteiger partial charge in [-0.2, -0.15) is 13.2 Å². The summed E-state index contributed by atoms with van der Waals surface area (Å²) in [5.41, 5.74) is -5.39. The molecule has 0 bridgehead atoms. The van der Waals surface area contributed by atoms with E-state index in [2.05, 4.69) is 0 Å². The number of hydrogen-bond donors (Lipinski definition) is 5. The van der Waals surface area contributed by atoms with E-state index >= 15 is 4.39 Å². The van der Waals surface area contributed by atoms with Crippen LogP contribution in [-0.4, -0.2) is 66.9 Å². The Kier molecular flexibility index (Phi) is 8.90. The van der Waals surface area contributed by atoms with Crippen molar-refractivity contribution in [2.24, 2.45) is 0 Å². The number of alkyl halides is 3. The molecule has 2 aromatic rings. The highest BCUT2D eigenvalue weighted by Crippen LogP contribution is 2.35. The molecule has 0 radical (unpaired) electrons. The van der Waals surface area contributed by atoms with Gasteiger partial charge in [-0.05, 0) is 68.5 Å². The quantitative estimate of drug-likeness (QED) is 0.203. The summed E-state index contributed by atoms with van der Waals surface area (Å²) in [7, 11) is -4.07. The molecule has 216 valence electrons. The molecule has 1 saturated heterocycles. The van der Waals surface area contributed by atoms with Crippen molar-refractivity contribution in [1.82, 2.24) is 9.62 Å². The molecule has 0 aromatic heterocycles. The first-order valence-corrected chi connectivity index (χ1v) is 13.5. The van der Waals surface area contributed by atoms with Gasteiger partial charge in [0, 0.05) is 24.1 Å². The van der Waals surface area contributed by atoms with Crippen molar-refractivity contribution in [3.63, 3.8) is 0 Å². The predicted octanol–water partition coefficient (Wildman–Crippen LogP) is 3.37. The van der Waals surface area contributed by atoms with Crippen LogP contribution in [0.25, 0.3) is 11.1 Å². The summed E-state index contributed by atoms with van der Waals surface area (Å²) >= 11 is 0. The summed E-state index contributed by atoms with van der Waals surface area (Å²) in [6.45, 7) is 1.64. The molecule has 4 rings (SSSR count). The molecule has 39 heavy (non-hydrogen) atoms. The Morgan fingerprint density at radius 3 is 2.31 bits per heavy atom. The van der Waals surface area contributed by atoms with E-state index in [0.29, 0.717) is 24.7 Å². The van der Waals surface area contributed by atoms with E-state index in [1.807, 2.05) is 0 Å². The number of aryl methyl sites for hydroxylation is 1. The summed E-state index contributed by atoms with van der Waals surface area (Å²) in [6.07, 6.45) is 1.97. The average Bonchev–Trinajstić information content (AvgIpc) is 3.00. The molecule has 2 aliphatic rings. The van der Waals surface area contributed by atoms with Crippen LogP contribution in [0.3, 0.4) is 0 Å². The summed E-state index contributed by atoms with van der Waals surface area (Å²) in [6, 6.07) is 5.68. The number of carbonyl (C=O) groups excluding carboxylic acids is 1.